The lowest BCUT2D eigenvalue weighted by Gasteiger charge is -2.15. The smallest absolute Gasteiger partial charge is 0.437 e. The van der Waals surface area contributed by atoms with E-state index in [-0.39, 0.29) is 11.1 Å². The lowest BCUT2D eigenvalue weighted by molar-refractivity contribution is -0.142. The van der Waals surface area contributed by atoms with Gasteiger partial charge >= 0.3 is 12.4 Å². The Balaban J connectivity index is 2.64. The van der Waals surface area contributed by atoms with E-state index < -0.39 is 29.4 Å². The van der Waals surface area contributed by atoms with Crippen molar-refractivity contribution in [2.75, 3.05) is 7.11 Å². The molecule has 0 aliphatic carbocycles. The van der Waals surface area contributed by atoms with Crippen molar-refractivity contribution in [1.82, 2.24) is 4.98 Å². The van der Waals surface area contributed by atoms with Gasteiger partial charge in [-0.2, -0.15) is 26.3 Å². The third-order valence-electron chi connectivity index (χ3n) is 2.88. The SMILES string of the molecule is COc1c(-c2cccc(C(F)(F)F)c2)ccnc1C(F)(F)F. The van der Waals surface area contributed by atoms with Gasteiger partial charge in [-0.1, -0.05) is 12.1 Å². The van der Waals surface area contributed by atoms with Gasteiger partial charge in [0, 0.05) is 11.8 Å². The molecule has 0 bridgehead atoms. The average molecular weight is 321 g/mol. The van der Waals surface area contributed by atoms with Gasteiger partial charge in [-0.25, -0.2) is 4.98 Å². The maximum atomic E-state index is 12.9. The van der Waals surface area contributed by atoms with Crippen LogP contribution in [0.15, 0.2) is 36.5 Å². The molecule has 22 heavy (non-hydrogen) atoms. The van der Waals surface area contributed by atoms with E-state index in [4.69, 9.17) is 4.74 Å². The largest absolute Gasteiger partial charge is 0.494 e. The highest BCUT2D eigenvalue weighted by atomic mass is 19.4. The van der Waals surface area contributed by atoms with Crippen LogP contribution >= 0.6 is 0 Å². The second-order valence-corrected chi connectivity index (χ2v) is 4.32. The lowest BCUT2D eigenvalue weighted by atomic mass is 10.0. The molecule has 1 aromatic heterocycles. The Morgan fingerprint density at radius 1 is 0.955 bits per heavy atom. The number of hydrogen-bond acceptors (Lipinski definition) is 2. The molecule has 1 aromatic carbocycles. The Labute approximate surface area is 121 Å². The minimum absolute atomic E-state index is 0.0421. The number of halogens is 6. The Kier molecular flexibility index (Phi) is 4.04. The maximum absolute atomic E-state index is 12.9. The van der Waals surface area contributed by atoms with Gasteiger partial charge in [0.05, 0.1) is 12.7 Å². The lowest BCUT2D eigenvalue weighted by Crippen LogP contribution is -2.11. The normalized spacial score (nSPS) is 12.3. The molecular formula is C14H9F6NO. The van der Waals surface area contributed by atoms with Gasteiger partial charge < -0.3 is 4.74 Å². The second kappa shape index (κ2) is 5.51. The molecule has 0 atom stereocenters. The topological polar surface area (TPSA) is 22.1 Å². The molecule has 0 saturated heterocycles. The van der Waals surface area contributed by atoms with Gasteiger partial charge in [-0.3, -0.25) is 0 Å². The van der Waals surface area contributed by atoms with E-state index >= 15 is 0 Å². The third-order valence-corrected chi connectivity index (χ3v) is 2.88. The number of hydrogen-bond donors (Lipinski definition) is 0. The highest BCUT2D eigenvalue weighted by molar-refractivity contribution is 5.72. The van der Waals surface area contributed by atoms with Crippen molar-refractivity contribution in [2.45, 2.75) is 12.4 Å². The van der Waals surface area contributed by atoms with E-state index in [1.54, 1.807) is 0 Å². The number of pyridine rings is 1. The van der Waals surface area contributed by atoms with E-state index in [2.05, 4.69) is 4.98 Å². The van der Waals surface area contributed by atoms with E-state index in [1.807, 2.05) is 0 Å². The number of rotatable bonds is 2. The predicted octanol–water partition coefficient (Wildman–Crippen LogP) is 4.79. The molecule has 0 spiro atoms. The van der Waals surface area contributed by atoms with Crippen molar-refractivity contribution in [2.24, 2.45) is 0 Å². The molecule has 2 rings (SSSR count). The van der Waals surface area contributed by atoms with Crippen LogP contribution in [0.2, 0.25) is 0 Å². The van der Waals surface area contributed by atoms with Gasteiger partial charge in [0.15, 0.2) is 11.4 Å². The summed E-state index contributed by atoms with van der Waals surface area (Å²) in [5, 5.41) is 0. The van der Waals surface area contributed by atoms with E-state index in [9.17, 15) is 26.3 Å². The minimum Gasteiger partial charge on any atom is -0.494 e. The quantitative estimate of drug-likeness (QED) is 0.742. The standard InChI is InChI=1S/C14H9F6NO/c1-22-11-10(5-6-21-12(11)14(18,19)20)8-3-2-4-9(7-8)13(15,16)17/h2-7H,1H3. The zero-order valence-electron chi connectivity index (χ0n) is 11.1. The molecule has 0 unspecified atom stereocenters. The Morgan fingerprint density at radius 2 is 1.64 bits per heavy atom. The zero-order chi connectivity index (χ0) is 16.5. The minimum atomic E-state index is -4.77. The van der Waals surface area contributed by atoms with Crippen molar-refractivity contribution in [1.29, 1.82) is 0 Å². The number of aromatic nitrogens is 1. The number of ether oxygens (including phenoxy) is 1. The Hall–Kier alpha value is -2.25. The van der Waals surface area contributed by atoms with E-state index in [1.165, 1.54) is 12.1 Å². The van der Waals surface area contributed by atoms with Crippen LogP contribution in [-0.2, 0) is 12.4 Å². The predicted molar refractivity (Wildman–Crippen MR) is 66.2 cm³/mol. The molecule has 8 heteroatoms. The van der Waals surface area contributed by atoms with E-state index in [0.29, 0.717) is 0 Å². The van der Waals surface area contributed by atoms with Crippen LogP contribution in [0.3, 0.4) is 0 Å². The highest BCUT2D eigenvalue weighted by Gasteiger charge is 2.37. The summed E-state index contributed by atoms with van der Waals surface area (Å²) in [6.45, 7) is 0. The van der Waals surface area contributed by atoms with Crippen LogP contribution in [0.5, 0.6) is 5.75 Å². The molecule has 2 aromatic rings. The summed E-state index contributed by atoms with van der Waals surface area (Å²) in [7, 11) is 1.00. The van der Waals surface area contributed by atoms with Crippen molar-refractivity contribution in [3.8, 4) is 16.9 Å². The van der Waals surface area contributed by atoms with Crippen LogP contribution in [0.4, 0.5) is 26.3 Å². The average Bonchev–Trinajstić information content (AvgIpc) is 2.44. The molecule has 2 nitrogen and oxygen atoms in total. The van der Waals surface area contributed by atoms with Gasteiger partial charge in [0.1, 0.15) is 0 Å². The van der Waals surface area contributed by atoms with Crippen LogP contribution < -0.4 is 4.74 Å². The first-order valence-corrected chi connectivity index (χ1v) is 5.92. The summed E-state index contributed by atoms with van der Waals surface area (Å²) < 4.78 is 81.5. The van der Waals surface area contributed by atoms with E-state index in [0.717, 1.165) is 31.5 Å². The zero-order valence-corrected chi connectivity index (χ0v) is 11.1. The molecule has 0 fully saturated rings. The summed E-state index contributed by atoms with van der Waals surface area (Å²) in [6.07, 6.45) is -8.49. The van der Waals surface area contributed by atoms with Crippen LogP contribution in [0.25, 0.3) is 11.1 Å². The van der Waals surface area contributed by atoms with Gasteiger partial charge in [0.2, 0.25) is 0 Å². The van der Waals surface area contributed by atoms with Crippen LogP contribution in [0, 0.1) is 0 Å². The van der Waals surface area contributed by atoms with Crippen molar-refractivity contribution >= 4 is 0 Å². The number of nitrogens with zero attached hydrogens (tertiary/aromatic N) is 1. The van der Waals surface area contributed by atoms with Crippen molar-refractivity contribution in [3.05, 3.63) is 47.8 Å². The fraction of sp³-hybridized carbons (Fsp3) is 0.214. The Morgan fingerprint density at radius 3 is 2.18 bits per heavy atom. The molecule has 0 aliphatic rings. The summed E-state index contributed by atoms with van der Waals surface area (Å²) in [5.74, 6) is -0.616. The van der Waals surface area contributed by atoms with Gasteiger partial charge in [-0.15, -0.1) is 0 Å². The maximum Gasteiger partial charge on any atom is 0.437 e. The summed E-state index contributed by atoms with van der Waals surface area (Å²) >= 11 is 0. The van der Waals surface area contributed by atoms with Crippen LogP contribution in [0.1, 0.15) is 11.3 Å². The molecule has 0 radical (unpaired) electrons. The summed E-state index contributed by atoms with van der Waals surface area (Å²) in [4.78, 5) is 3.21. The van der Waals surface area contributed by atoms with Crippen LogP contribution in [-0.4, -0.2) is 12.1 Å². The first kappa shape index (κ1) is 16.1. The van der Waals surface area contributed by atoms with Crippen molar-refractivity contribution < 1.29 is 31.1 Å². The summed E-state index contributed by atoms with van der Waals surface area (Å²) in [5.41, 5.74) is -2.40. The first-order valence-electron chi connectivity index (χ1n) is 5.92. The molecule has 0 aliphatic heterocycles. The molecular weight excluding hydrogens is 312 g/mol. The number of benzene rings is 1. The van der Waals surface area contributed by atoms with Gasteiger partial charge in [0.25, 0.3) is 0 Å². The van der Waals surface area contributed by atoms with Crippen molar-refractivity contribution in [3.63, 3.8) is 0 Å². The number of methoxy groups -OCH3 is 1. The summed E-state index contributed by atoms with van der Waals surface area (Å²) in [6, 6.07) is 5.15. The van der Waals surface area contributed by atoms with Gasteiger partial charge in [-0.05, 0) is 23.8 Å². The third kappa shape index (κ3) is 3.15. The fourth-order valence-corrected chi connectivity index (χ4v) is 1.95. The molecule has 0 amide bonds. The fourth-order valence-electron chi connectivity index (χ4n) is 1.95. The molecule has 118 valence electrons. The molecule has 0 N–H and O–H groups in total. The number of alkyl halides is 6. The Bertz CT molecular complexity index is 678. The second-order valence-electron chi connectivity index (χ2n) is 4.32. The monoisotopic (exact) mass is 321 g/mol. The molecule has 1 heterocycles. The highest BCUT2D eigenvalue weighted by Crippen LogP contribution is 2.41. The first-order chi connectivity index (χ1) is 10.1. The molecule has 0 saturated carbocycles.